The van der Waals surface area contributed by atoms with Crippen molar-refractivity contribution in [3.8, 4) is 44.5 Å². The maximum Gasteiger partial charge on any atom is 0.0540 e. The van der Waals surface area contributed by atoms with Crippen LogP contribution in [-0.4, -0.2) is 14.1 Å². The molecule has 0 radical (unpaired) electrons. The van der Waals surface area contributed by atoms with E-state index in [1.54, 1.807) is 0 Å². The van der Waals surface area contributed by atoms with Gasteiger partial charge in [-0.1, -0.05) is 285 Å². The van der Waals surface area contributed by atoms with Crippen molar-refractivity contribution < 1.29 is 0 Å². The van der Waals surface area contributed by atoms with Gasteiger partial charge in [-0.3, -0.25) is 0 Å². The molecule has 0 fully saturated rings. The highest BCUT2D eigenvalue weighted by Crippen LogP contribution is 2.47. The van der Waals surface area contributed by atoms with Crippen LogP contribution < -0.4 is 19.6 Å². The molecule has 0 spiro atoms. The lowest BCUT2D eigenvalue weighted by atomic mass is 9.89. The first-order chi connectivity index (χ1) is 49.8. The fourth-order valence-electron chi connectivity index (χ4n) is 14.9. The van der Waals surface area contributed by atoms with Crippen molar-refractivity contribution in [1.29, 1.82) is 0 Å². The molecule has 0 unspecified atom stereocenters. The summed E-state index contributed by atoms with van der Waals surface area (Å²) in [7, 11) is 4.29. The number of rotatable bonds is 14. The molecule has 18 aromatic carbocycles. The molecule has 4 nitrogen and oxygen atoms in total. The molecule has 0 saturated heterocycles. The Bertz CT molecular complexity index is 5910. The number of aryl methyl sites for hydroxylation is 1. The quantitative estimate of drug-likeness (QED) is 0.0795. The molecule has 480 valence electrons. The highest BCUT2D eigenvalue weighted by atomic mass is 15.2. The molecule has 18 aromatic rings. The Kier molecular flexibility index (Phi) is 16.3. The van der Waals surface area contributed by atoms with E-state index in [2.05, 4.69) is 423 Å². The highest BCUT2D eigenvalue weighted by molar-refractivity contribution is 6.34. The van der Waals surface area contributed by atoms with Gasteiger partial charge in [-0.15, -0.1) is 0 Å². The standard InChI is InChI=1S/C55H38N2.C42H34N2/c1-56(52-35-34-50-48-22-9-17-41-16-8-21-47(54(41)48)49-23-11-24-51(52)55(49)50)43-30-26-38(27-31-43)39-28-32-44(33-29-39)57(53-25-10-15-40-14-5-6-20-46(40)53)45-19-7-18-42(36-45)37-12-3-2-4-13-37;1-31-18-24-37(25-19-31)43(2)38-26-20-33(21-27-38)34-22-28-39(29-23-34)44(42-17-9-13-35-12-6-7-16-41(35)42)40-15-8-14-36(30-40)32-10-4-3-5-11-32/h2-36H,1H3;3-30H,1-2H3. The van der Waals surface area contributed by atoms with Gasteiger partial charge < -0.3 is 19.6 Å². The van der Waals surface area contributed by atoms with Crippen LogP contribution in [0.1, 0.15) is 5.56 Å². The molecule has 0 aliphatic rings. The lowest BCUT2D eigenvalue weighted by Crippen LogP contribution is -2.10. The number of fused-ring (bicyclic) bond motifs is 4. The second-order valence-corrected chi connectivity index (χ2v) is 26.2. The molecule has 18 rings (SSSR count). The van der Waals surface area contributed by atoms with Crippen molar-refractivity contribution in [2.24, 2.45) is 0 Å². The zero-order valence-electron chi connectivity index (χ0n) is 56.7. The van der Waals surface area contributed by atoms with E-state index in [1.165, 1.54) is 126 Å². The van der Waals surface area contributed by atoms with Gasteiger partial charge in [-0.2, -0.15) is 0 Å². The highest BCUT2D eigenvalue weighted by Gasteiger charge is 2.21. The Morgan fingerprint density at radius 2 is 0.495 bits per heavy atom. The van der Waals surface area contributed by atoms with Gasteiger partial charge in [-0.05, 0) is 203 Å². The van der Waals surface area contributed by atoms with E-state index in [-0.39, 0.29) is 0 Å². The zero-order chi connectivity index (χ0) is 67.8. The lowest BCUT2D eigenvalue weighted by Gasteiger charge is -2.27. The van der Waals surface area contributed by atoms with Crippen LogP contribution >= 0.6 is 0 Å². The minimum atomic E-state index is 1.11. The maximum absolute atomic E-state index is 2.38. The minimum Gasteiger partial charge on any atom is -0.345 e. The fourth-order valence-corrected chi connectivity index (χ4v) is 14.9. The molecule has 0 aromatic heterocycles. The first-order valence-corrected chi connectivity index (χ1v) is 34.7. The number of hydrogen-bond acceptors (Lipinski definition) is 4. The van der Waals surface area contributed by atoms with Crippen molar-refractivity contribution in [2.45, 2.75) is 6.92 Å². The van der Waals surface area contributed by atoms with Crippen molar-refractivity contribution in [1.82, 2.24) is 0 Å². The van der Waals surface area contributed by atoms with Crippen molar-refractivity contribution in [3.63, 3.8) is 0 Å². The SMILES string of the molecule is CN(c1ccc(-c2ccc(N(c3cccc(-c4ccccc4)c3)c3cccc4ccccc34)cc2)cc1)c1ccc2c3cccc4cccc(c5cccc1c52)c43.Cc1ccc(N(C)c2ccc(-c3ccc(N(c4cccc(-c5ccccc5)c4)c4cccc5ccccc45)cc3)cc2)cc1. The number of hydrogen-bond donors (Lipinski definition) is 0. The molecule has 0 heterocycles. The van der Waals surface area contributed by atoms with Gasteiger partial charge in [0.15, 0.2) is 0 Å². The Morgan fingerprint density at radius 1 is 0.178 bits per heavy atom. The van der Waals surface area contributed by atoms with Gasteiger partial charge >= 0.3 is 0 Å². The molecule has 0 bridgehead atoms. The average molecular weight is 1290 g/mol. The van der Waals surface area contributed by atoms with Gasteiger partial charge in [0, 0.05) is 75.8 Å². The van der Waals surface area contributed by atoms with Crippen LogP contribution in [0.3, 0.4) is 0 Å². The summed E-state index contributed by atoms with van der Waals surface area (Å²) >= 11 is 0. The largest absolute Gasteiger partial charge is 0.345 e. The second kappa shape index (κ2) is 26.8. The fraction of sp³-hybridized carbons (Fsp3) is 0.0309. The van der Waals surface area contributed by atoms with E-state index in [0.29, 0.717) is 0 Å². The lowest BCUT2D eigenvalue weighted by molar-refractivity contribution is 1.20. The molecule has 4 heteroatoms. The average Bonchev–Trinajstić information content (AvgIpc) is 0.716. The third-order valence-corrected chi connectivity index (χ3v) is 20.2. The smallest absolute Gasteiger partial charge is 0.0540 e. The third-order valence-electron chi connectivity index (χ3n) is 20.2. The molecule has 0 saturated carbocycles. The van der Waals surface area contributed by atoms with E-state index < -0.39 is 0 Å². The summed E-state index contributed by atoms with van der Waals surface area (Å²) in [4.78, 5) is 9.30. The van der Waals surface area contributed by atoms with Gasteiger partial charge in [0.25, 0.3) is 0 Å². The predicted molar refractivity (Wildman–Crippen MR) is 434 cm³/mol. The van der Waals surface area contributed by atoms with Crippen LogP contribution in [0.25, 0.3) is 109 Å². The maximum atomic E-state index is 2.38. The zero-order valence-corrected chi connectivity index (χ0v) is 56.7. The molecule has 0 N–H and O–H groups in total. The summed E-state index contributed by atoms with van der Waals surface area (Å²) in [6, 6.07) is 138. The van der Waals surface area contributed by atoms with Crippen molar-refractivity contribution >= 4 is 122 Å². The predicted octanol–water partition coefficient (Wildman–Crippen LogP) is 27.2. The molecule has 0 aliphatic heterocycles. The topological polar surface area (TPSA) is 13.0 Å². The van der Waals surface area contributed by atoms with E-state index in [4.69, 9.17) is 0 Å². The van der Waals surface area contributed by atoms with Gasteiger partial charge in [-0.25, -0.2) is 0 Å². The number of nitrogens with zero attached hydrogens (tertiary/aromatic N) is 4. The Balaban J connectivity index is 0.000000156. The summed E-state index contributed by atoms with van der Waals surface area (Å²) in [5.41, 5.74) is 22.3. The number of benzene rings is 18. The first-order valence-electron chi connectivity index (χ1n) is 34.7. The van der Waals surface area contributed by atoms with Gasteiger partial charge in [0.2, 0.25) is 0 Å². The molecule has 0 atom stereocenters. The summed E-state index contributed by atoms with van der Waals surface area (Å²) in [6.07, 6.45) is 0. The van der Waals surface area contributed by atoms with Gasteiger partial charge in [0.1, 0.15) is 0 Å². The van der Waals surface area contributed by atoms with Crippen LogP contribution in [0, 0.1) is 6.92 Å². The van der Waals surface area contributed by atoms with E-state index >= 15 is 0 Å². The normalized spacial score (nSPS) is 11.3. The third kappa shape index (κ3) is 11.9. The summed E-state index contributed by atoms with van der Waals surface area (Å²) in [6.45, 7) is 2.12. The van der Waals surface area contributed by atoms with Crippen LogP contribution in [0.2, 0.25) is 0 Å². The van der Waals surface area contributed by atoms with Crippen LogP contribution in [-0.2, 0) is 0 Å². The van der Waals surface area contributed by atoms with Crippen LogP contribution in [0.4, 0.5) is 56.9 Å². The number of anilines is 10. The monoisotopic (exact) mass is 1290 g/mol. The Hall–Kier alpha value is -13.0. The Labute approximate surface area is 590 Å². The first kappa shape index (κ1) is 61.6. The van der Waals surface area contributed by atoms with E-state index in [1.807, 2.05) is 0 Å². The van der Waals surface area contributed by atoms with Crippen LogP contribution in [0.15, 0.2) is 382 Å². The molecule has 101 heavy (non-hydrogen) atoms. The molecule has 0 aliphatic carbocycles. The minimum absolute atomic E-state index is 1.11. The summed E-state index contributed by atoms with van der Waals surface area (Å²) in [5.74, 6) is 0. The van der Waals surface area contributed by atoms with E-state index in [9.17, 15) is 0 Å². The summed E-state index contributed by atoms with van der Waals surface area (Å²) < 4.78 is 0. The molecule has 0 amide bonds. The van der Waals surface area contributed by atoms with Crippen LogP contribution in [0.5, 0.6) is 0 Å². The summed E-state index contributed by atoms with van der Waals surface area (Å²) in [5, 5.41) is 15.4. The van der Waals surface area contributed by atoms with E-state index in [0.717, 1.165) is 45.5 Å². The van der Waals surface area contributed by atoms with Crippen molar-refractivity contribution in [2.75, 3.05) is 33.7 Å². The molecular formula is C97H72N4. The van der Waals surface area contributed by atoms with Crippen molar-refractivity contribution in [3.05, 3.63) is 388 Å². The second-order valence-electron chi connectivity index (χ2n) is 26.2. The Morgan fingerprint density at radius 3 is 0.970 bits per heavy atom. The van der Waals surface area contributed by atoms with Gasteiger partial charge in [0.05, 0.1) is 11.4 Å². The molecular weight excluding hydrogens is 1220 g/mol.